The number of thiazole rings is 1. The molecule has 0 fully saturated rings. The lowest BCUT2D eigenvalue weighted by Gasteiger charge is -2.18. The molecule has 0 unspecified atom stereocenters. The number of para-hydroxylation sites is 1. The highest BCUT2D eigenvalue weighted by molar-refractivity contribution is 7.07. The Balaban J connectivity index is 1.68. The molecule has 0 radical (unpaired) electrons. The third-order valence-electron chi connectivity index (χ3n) is 5.05. The van der Waals surface area contributed by atoms with Crippen LogP contribution in [0.25, 0.3) is 11.3 Å². The summed E-state index contributed by atoms with van der Waals surface area (Å²) in [7, 11) is 0. The number of benzene rings is 2. The van der Waals surface area contributed by atoms with Crippen molar-refractivity contribution >= 4 is 34.3 Å². The van der Waals surface area contributed by atoms with Crippen molar-refractivity contribution < 1.29 is 13.9 Å². The number of carbonyl (C=O) groups is 1. The molecule has 32 heavy (non-hydrogen) atoms. The number of aryl methyl sites for hydroxylation is 1. The number of fused-ring (bicyclic) bond motifs is 1. The quantitative estimate of drug-likeness (QED) is 0.452. The molecule has 3 heterocycles. The number of aromatic nitrogens is 1. The molecule has 5 rings (SSSR count). The maximum atomic E-state index is 11.8. The third-order valence-corrected chi connectivity index (χ3v) is 5.87. The van der Waals surface area contributed by atoms with E-state index in [0.29, 0.717) is 17.2 Å². The standard InChI is InChI=1S/C24H20N4O3S/c1-15-6-3-4-7-18(15)26-24-28(27-16(2)21-8-5-11-30-21)20(14-32-24)17-9-10-22-19(12-17)25-23(29)13-31-22/h3-12,14H,13H2,1-2H3,(H,25,29). The van der Waals surface area contributed by atoms with Gasteiger partial charge in [0.15, 0.2) is 6.61 Å². The van der Waals surface area contributed by atoms with Gasteiger partial charge in [0.2, 0.25) is 4.80 Å². The molecular weight excluding hydrogens is 424 g/mol. The van der Waals surface area contributed by atoms with E-state index >= 15 is 0 Å². The maximum Gasteiger partial charge on any atom is 0.262 e. The van der Waals surface area contributed by atoms with Crippen molar-refractivity contribution in [2.45, 2.75) is 13.8 Å². The molecule has 0 saturated carbocycles. The minimum absolute atomic E-state index is 0.0247. The smallest absolute Gasteiger partial charge is 0.262 e. The average molecular weight is 445 g/mol. The van der Waals surface area contributed by atoms with Gasteiger partial charge in [-0.05, 0) is 55.8 Å². The van der Waals surface area contributed by atoms with Crippen molar-refractivity contribution in [3.8, 4) is 17.0 Å². The van der Waals surface area contributed by atoms with Gasteiger partial charge in [0.1, 0.15) is 17.2 Å². The maximum absolute atomic E-state index is 11.8. The van der Waals surface area contributed by atoms with Crippen molar-refractivity contribution in [2.75, 3.05) is 11.9 Å². The number of hydrogen-bond acceptors (Lipinski definition) is 6. The van der Waals surface area contributed by atoms with Crippen LogP contribution in [-0.4, -0.2) is 22.9 Å². The van der Waals surface area contributed by atoms with E-state index in [-0.39, 0.29) is 12.5 Å². The molecule has 0 saturated heterocycles. The van der Waals surface area contributed by atoms with Crippen LogP contribution in [0.4, 0.5) is 11.4 Å². The lowest BCUT2D eigenvalue weighted by molar-refractivity contribution is -0.118. The number of hydrogen-bond donors (Lipinski definition) is 1. The highest BCUT2D eigenvalue weighted by Crippen LogP contribution is 2.33. The monoisotopic (exact) mass is 444 g/mol. The second kappa shape index (κ2) is 8.32. The first-order valence-electron chi connectivity index (χ1n) is 10.1. The van der Waals surface area contributed by atoms with Crippen LogP contribution >= 0.6 is 11.3 Å². The zero-order valence-corrected chi connectivity index (χ0v) is 18.3. The normalized spacial score (nSPS) is 14.1. The number of nitrogens with one attached hydrogen (secondary N) is 1. The van der Waals surface area contributed by atoms with Crippen LogP contribution in [0.3, 0.4) is 0 Å². The van der Waals surface area contributed by atoms with E-state index in [1.807, 2.05) is 78.5 Å². The number of anilines is 1. The molecule has 0 atom stereocenters. The molecular formula is C24H20N4O3S. The number of rotatable bonds is 4. The summed E-state index contributed by atoms with van der Waals surface area (Å²) in [5.74, 6) is 1.16. The number of ether oxygens (including phenoxy) is 1. The summed E-state index contributed by atoms with van der Waals surface area (Å²) in [5.41, 5.74) is 5.04. The third kappa shape index (κ3) is 3.88. The van der Waals surface area contributed by atoms with Gasteiger partial charge in [-0.2, -0.15) is 5.10 Å². The van der Waals surface area contributed by atoms with Crippen LogP contribution in [0.2, 0.25) is 0 Å². The predicted octanol–water partition coefficient (Wildman–Crippen LogP) is 4.95. The zero-order valence-electron chi connectivity index (χ0n) is 17.5. The summed E-state index contributed by atoms with van der Waals surface area (Å²) in [4.78, 5) is 17.4. The van der Waals surface area contributed by atoms with E-state index in [9.17, 15) is 4.79 Å². The number of carbonyl (C=O) groups excluding carboxylic acids is 1. The molecule has 4 aromatic rings. The van der Waals surface area contributed by atoms with Gasteiger partial charge in [-0.15, -0.1) is 11.3 Å². The number of amides is 1. The summed E-state index contributed by atoms with van der Waals surface area (Å²) in [5, 5.41) is 9.69. The van der Waals surface area contributed by atoms with Gasteiger partial charge in [-0.25, -0.2) is 9.67 Å². The summed E-state index contributed by atoms with van der Waals surface area (Å²) in [6.45, 7) is 3.95. The van der Waals surface area contributed by atoms with Crippen LogP contribution in [-0.2, 0) is 4.79 Å². The topological polar surface area (TPSA) is 81.1 Å². The molecule has 2 aromatic heterocycles. The van der Waals surface area contributed by atoms with Gasteiger partial charge in [0.05, 0.1) is 23.3 Å². The Morgan fingerprint density at radius 2 is 2.03 bits per heavy atom. The lowest BCUT2D eigenvalue weighted by Crippen LogP contribution is -2.25. The van der Waals surface area contributed by atoms with Gasteiger partial charge in [-0.1, -0.05) is 18.2 Å². The molecule has 160 valence electrons. The minimum atomic E-state index is -0.172. The van der Waals surface area contributed by atoms with Crippen molar-refractivity contribution in [2.24, 2.45) is 10.1 Å². The Morgan fingerprint density at radius 3 is 2.84 bits per heavy atom. The predicted molar refractivity (Wildman–Crippen MR) is 125 cm³/mol. The highest BCUT2D eigenvalue weighted by Gasteiger charge is 2.18. The highest BCUT2D eigenvalue weighted by atomic mass is 32.1. The molecule has 1 aliphatic rings. The summed E-state index contributed by atoms with van der Waals surface area (Å²) in [6, 6.07) is 17.4. The van der Waals surface area contributed by atoms with Crippen LogP contribution in [0.5, 0.6) is 5.75 Å². The Labute approximate surface area is 188 Å². The second-order valence-electron chi connectivity index (χ2n) is 7.32. The summed E-state index contributed by atoms with van der Waals surface area (Å²) in [6.07, 6.45) is 1.62. The molecule has 8 heteroatoms. The van der Waals surface area contributed by atoms with Gasteiger partial charge in [0.25, 0.3) is 5.91 Å². The Bertz CT molecular complexity index is 1400. The van der Waals surface area contributed by atoms with Crippen LogP contribution in [0.15, 0.2) is 80.8 Å². The average Bonchev–Trinajstić information content (AvgIpc) is 3.46. The van der Waals surface area contributed by atoms with Gasteiger partial charge in [0, 0.05) is 10.9 Å². The van der Waals surface area contributed by atoms with Crippen LogP contribution in [0, 0.1) is 6.92 Å². The van der Waals surface area contributed by atoms with Crippen LogP contribution < -0.4 is 14.9 Å². The van der Waals surface area contributed by atoms with E-state index in [1.54, 1.807) is 6.26 Å². The Kier molecular flexibility index (Phi) is 5.20. The first-order valence-corrected chi connectivity index (χ1v) is 10.9. The molecule has 0 spiro atoms. The fourth-order valence-electron chi connectivity index (χ4n) is 3.39. The van der Waals surface area contributed by atoms with Gasteiger partial charge >= 0.3 is 0 Å². The summed E-state index contributed by atoms with van der Waals surface area (Å²) >= 11 is 1.49. The first kappa shape index (κ1) is 20.0. The number of furan rings is 1. The first-order chi connectivity index (χ1) is 15.6. The van der Waals surface area contributed by atoms with E-state index < -0.39 is 0 Å². The van der Waals surface area contributed by atoms with E-state index in [0.717, 1.165) is 33.0 Å². The molecule has 0 bridgehead atoms. The molecule has 2 aromatic carbocycles. The molecule has 0 aliphatic carbocycles. The van der Waals surface area contributed by atoms with Crippen molar-refractivity contribution in [3.63, 3.8) is 0 Å². The van der Waals surface area contributed by atoms with E-state index in [1.165, 1.54) is 11.3 Å². The minimum Gasteiger partial charge on any atom is -0.482 e. The fourth-order valence-corrected chi connectivity index (χ4v) is 4.23. The molecule has 1 N–H and O–H groups in total. The zero-order chi connectivity index (χ0) is 22.1. The molecule has 7 nitrogen and oxygen atoms in total. The largest absolute Gasteiger partial charge is 0.482 e. The van der Waals surface area contributed by atoms with Crippen molar-refractivity contribution in [1.82, 2.24) is 4.68 Å². The molecule has 1 amide bonds. The SMILES string of the molecule is CC(=Nn1c(-c2ccc3c(c2)NC(=O)CO3)csc1=Nc1ccccc1C)c1ccco1. The Hall–Kier alpha value is -3.91. The van der Waals surface area contributed by atoms with Crippen molar-refractivity contribution in [1.29, 1.82) is 0 Å². The fraction of sp³-hybridized carbons (Fsp3) is 0.125. The summed E-state index contributed by atoms with van der Waals surface area (Å²) < 4.78 is 12.8. The lowest BCUT2D eigenvalue weighted by atomic mass is 10.1. The van der Waals surface area contributed by atoms with Crippen LogP contribution in [0.1, 0.15) is 18.2 Å². The van der Waals surface area contributed by atoms with Crippen molar-refractivity contribution in [3.05, 3.63) is 82.4 Å². The van der Waals surface area contributed by atoms with E-state index in [2.05, 4.69) is 5.32 Å². The van der Waals surface area contributed by atoms with Gasteiger partial charge < -0.3 is 14.5 Å². The molecule has 1 aliphatic heterocycles. The second-order valence-corrected chi connectivity index (χ2v) is 8.16. The van der Waals surface area contributed by atoms with Gasteiger partial charge in [-0.3, -0.25) is 4.79 Å². The number of nitrogens with zero attached hydrogens (tertiary/aromatic N) is 3. The Morgan fingerprint density at radius 1 is 1.16 bits per heavy atom. The van der Waals surface area contributed by atoms with E-state index in [4.69, 9.17) is 19.2 Å².